The first-order chi connectivity index (χ1) is 12.1. The number of rotatable bonds is 4. The van der Waals surface area contributed by atoms with Crippen LogP contribution in [0, 0.1) is 11.3 Å². The highest BCUT2D eigenvalue weighted by molar-refractivity contribution is 7.14. The minimum absolute atomic E-state index is 0.0954. The largest absolute Gasteiger partial charge is 0.369 e. The highest BCUT2D eigenvalue weighted by Gasteiger charge is 2.20. The lowest BCUT2D eigenvalue weighted by molar-refractivity contribution is -0.117. The van der Waals surface area contributed by atoms with Crippen molar-refractivity contribution in [2.24, 2.45) is 0 Å². The van der Waals surface area contributed by atoms with Crippen LogP contribution in [0.25, 0.3) is 0 Å². The van der Waals surface area contributed by atoms with E-state index in [1.165, 1.54) is 11.3 Å². The second-order valence-corrected chi connectivity index (χ2v) is 7.42. The molecule has 1 aromatic carbocycles. The number of amides is 1. The van der Waals surface area contributed by atoms with Gasteiger partial charge in [0, 0.05) is 31.9 Å². The Labute approximate surface area is 160 Å². The molecule has 0 radical (unpaired) electrons. The minimum Gasteiger partial charge on any atom is -0.369 e. The van der Waals surface area contributed by atoms with Crippen molar-refractivity contribution in [2.75, 3.05) is 42.9 Å². The summed E-state index contributed by atoms with van der Waals surface area (Å²) in [6.45, 7) is 3.51. The van der Waals surface area contributed by atoms with E-state index in [4.69, 9.17) is 28.5 Å². The number of halogens is 2. The number of nitrogens with one attached hydrogen (secondary N) is 1. The Morgan fingerprint density at radius 1 is 1.20 bits per heavy atom. The molecule has 0 aliphatic carbocycles. The van der Waals surface area contributed by atoms with Crippen molar-refractivity contribution in [1.29, 1.82) is 5.26 Å². The molecule has 3 rings (SSSR count). The van der Waals surface area contributed by atoms with Gasteiger partial charge in [-0.15, -0.1) is 11.3 Å². The monoisotopic (exact) mass is 394 g/mol. The van der Waals surface area contributed by atoms with Crippen molar-refractivity contribution in [3.8, 4) is 6.07 Å². The number of nitrogens with zero attached hydrogens (tertiary/aromatic N) is 3. The number of nitriles is 1. The minimum atomic E-state index is -0.0954. The normalized spacial score (nSPS) is 15.0. The molecule has 0 spiro atoms. The van der Waals surface area contributed by atoms with Crippen LogP contribution < -0.4 is 10.2 Å². The van der Waals surface area contributed by atoms with Crippen LogP contribution in [0.2, 0.25) is 10.0 Å². The highest BCUT2D eigenvalue weighted by atomic mass is 35.5. The maximum atomic E-state index is 12.2. The van der Waals surface area contributed by atoms with Gasteiger partial charge in [0.2, 0.25) is 5.91 Å². The van der Waals surface area contributed by atoms with Gasteiger partial charge in [-0.1, -0.05) is 23.2 Å². The van der Waals surface area contributed by atoms with E-state index in [2.05, 4.69) is 21.2 Å². The summed E-state index contributed by atoms with van der Waals surface area (Å²) in [6.07, 6.45) is 0. The molecule has 130 valence electrons. The maximum Gasteiger partial charge on any atom is 0.239 e. The lowest BCUT2D eigenvalue weighted by Gasteiger charge is -2.35. The summed E-state index contributed by atoms with van der Waals surface area (Å²) in [5, 5.41) is 15.3. The first-order valence-electron chi connectivity index (χ1n) is 7.76. The molecule has 1 fully saturated rings. The third-order valence-corrected chi connectivity index (χ3v) is 5.62. The summed E-state index contributed by atoms with van der Waals surface area (Å²) >= 11 is 13.4. The van der Waals surface area contributed by atoms with E-state index in [0.717, 1.165) is 31.9 Å². The van der Waals surface area contributed by atoms with Crippen LogP contribution >= 0.6 is 34.5 Å². The Balaban J connectivity index is 1.51. The standard InChI is InChI=1S/C17H16Cl2N4OS/c18-14-2-1-13(9-15(14)19)23-6-4-22(5-7-23)11-16(24)21-17-12(10-20)3-8-25-17/h1-3,8-9H,4-7,11H2,(H,21,24). The van der Waals surface area contributed by atoms with Gasteiger partial charge in [-0.3, -0.25) is 9.69 Å². The van der Waals surface area contributed by atoms with Crippen LogP contribution in [-0.4, -0.2) is 43.5 Å². The van der Waals surface area contributed by atoms with Crippen molar-refractivity contribution >= 4 is 51.1 Å². The van der Waals surface area contributed by atoms with Gasteiger partial charge in [0.15, 0.2) is 0 Å². The van der Waals surface area contributed by atoms with E-state index in [9.17, 15) is 4.79 Å². The Bertz CT molecular complexity index is 809. The van der Waals surface area contributed by atoms with Crippen LogP contribution in [0.4, 0.5) is 10.7 Å². The van der Waals surface area contributed by atoms with Crippen LogP contribution in [0.15, 0.2) is 29.6 Å². The van der Waals surface area contributed by atoms with Gasteiger partial charge >= 0.3 is 0 Å². The van der Waals surface area contributed by atoms with Gasteiger partial charge < -0.3 is 10.2 Å². The van der Waals surface area contributed by atoms with Gasteiger partial charge in [-0.2, -0.15) is 5.26 Å². The smallest absolute Gasteiger partial charge is 0.239 e. The number of piperazine rings is 1. The van der Waals surface area contributed by atoms with E-state index in [1.807, 2.05) is 12.1 Å². The second kappa shape index (κ2) is 8.07. The van der Waals surface area contributed by atoms with Crippen molar-refractivity contribution in [2.45, 2.75) is 0 Å². The second-order valence-electron chi connectivity index (χ2n) is 5.68. The predicted octanol–water partition coefficient (Wildman–Crippen LogP) is 3.69. The molecule has 8 heteroatoms. The molecule has 1 aromatic heterocycles. The Hall–Kier alpha value is -1.78. The van der Waals surface area contributed by atoms with Gasteiger partial charge in [-0.25, -0.2) is 0 Å². The van der Waals surface area contributed by atoms with Crippen LogP contribution in [0.1, 0.15) is 5.56 Å². The van der Waals surface area contributed by atoms with E-state index in [0.29, 0.717) is 27.2 Å². The first-order valence-corrected chi connectivity index (χ1v) is 9.40. The maximum absolute atomic E-state index is 12.2. The van der Waals surface area contributed by atoms with E-state index in [-0.39, 0.29) is 5.91 Å². The molecular formula is C17H16Cl2N4OS. The fourth-order valence-electron chi connectivity index (χ4n) is 2.71. The lowest BCUT2D eigenvalue weighted by Crippen LogP contribution is -2.48. The number of carbonyl (C=O) groups is 1. The number of hydrogen-bond donors (Lipinski definition) is 1. The van der Waals surface area contributed by atoms with Crippen LogP contribution in [-0.2, 0) is 4.79 Å². The van der Waals surface area contributed by atoms with Crippen LogP contribution in [0.3, 0.4) is 0 Å². The summed E-state index contributed by atoms with van der Waals surface area (Å²) < 4.78 is 0. The Kier molecular flexibility index (Phi) is 5.82. The summed E-state index contributed by atoms with van der Waals surface area (Å²) in [6, 6.07) is 9.40. The Morgan fingerprint density at radius 2 is 1.96 bits per heavy atom. The summed E-state index contributed by atoms with van der Waals surface area (Å²) in [7, 11) is 0. The third-order valence-electron chi connectivity index (χ3n) is 4.05. The zero-order valence-corrected chi connectivity index (χ0v) is 15.7. The van der Waals surface area contributed by atoms with E-state index < -0.39 is 0 Å². The quantitative estimate of drug-likeness (QED) is 0.858. The van der Waals surface area contributed by atoms with Crippen LogP contribution in [0.5, 0.6) is 0 Å². The molecule has 1 aliphatic heterocycles. The average molecular weight is 395 g/mol. The van der Waals surface area contributed by atoms with Crippen molar-refractivity contribution in [3.05, 3.63) is 45.3 Å². The van der Waals surface area contributed by atoms with Crippen molar-refractivity contribution in [3.63, 3.8) is 0 Å². The third kappa shape index (κ3) is 4.44. The molecule has 0 saturated carbocycles. The first kappa shape index (κ1) is 18.0. The molecule has 1 aliphatic rings. The zero-order chi connectivity index (χ0) is 17.8. The van der Waals surface area contributed by atoms with Gasteiger partial charge in [0.25, 0.3) is 0 Å². The SMILES string of the molecule is N#Cc1ccsc1NC(=O)CN1CCN(c2ccc(Cl)c(Cl)c2)CC1. The molecule has 2 heterocycles. The number of benzene rings is 1. The molecule has 25 heavy (non-hydrogen) atoms. The molecule has 0 unspecified atom stereocenters. The number of hydrogen-bond acceptors (Lipinski definition) is 5. The molecule has 1 saturated heterocycles. The lowest BCUT2D eigenvalue weighted by atomic mass is 10.2. The zero-order valence-electron chi connectivity index (χ0n) is 13.3. The van der Waals surface area contributed by atoms with Gasteiger partial charge in [0.05, 0.1) is 22.2 Å². The number of carbonyl (C=O) groups excluding carboxylic acids is 1. The molecule has 0 atom stereocenters. The molecule has 1 N–H and O–H groups in total. The summed E-state index contributed by atoms with van der Waals surface area (Å²) in [5.41, 5.74) is 1.54. The van der Waals surface area contributed by atoms with E-state index >= 15 is 0 Å². The predicted molar refractivity (Wildman–Crippen MR) is 103 cm³/mol. The number of anilines is 2. The molecule has 2 aromatic rings. The molecule has 5 nitrogen and oxygen atoms in total. The fourth-order valence-corrected chi connectivity index (χ4v) is 3.76. The van der Waals surface area contributed by atoms with Gasteiger partial charge in [0.1, 0.15) is 11.1 Å². The topological polar surface area (TPSA) is 59.4 Å². The Morgan fingerprint density at radius 3 is 2.64 bits per heavy atom. The molecule has 1 amide bonds. The van der Waals surface area contributed by atoms with E-state index in [1.54, 1.807) is 17.5 Å². The van der Waals surface area contributed by atoms with Crippen molar-refractivity contribution in [1.82, 2.24) is 4.90 Å². The highest BCUT2D eigenvalue weighted by Crippen LogP contribution is 2.28. The average Bonchev–Trinajstić information content (AvgIpc) is 3.05. The molecule has 0 bridgehead atoms. The fraction of sp³-hybridized carbons (Fsp3) is 0.294. The number of thiophene rings is 1. The summed E-state index contributed by atoms with van der Waals surface area (Å²) in [4.78, 5) is 16.5. The van der Waals surface area contributed by atoms with Crippen molar-refractivity contribution < 1.29 is 4.79 Å². The summed E-state index contributed by atoms with van der Waals surface area (Å²) in [5.74, 6) is -0.0954. The molecular weight excluding hydrogens is 379 g/mol. The van der Waals surface area contributed by atoms with Gasteiger partial charge in [-0.05, 0) is 29.6 Å².